The van der Waals surface area contributed by atoms with E-state index in [9.17, 15) is 0 Å². The van der Waals surface area contributed by atoms with E-state index in [0.717, 1.165) is 17.0 Å². The molecule has 3 aromatic heterocycles. The molecule has 0 unspecified atom stereocenters. The molecular formula is C14H12Cl2N4. The van der Waals surface area contributed by atoms with Crippen LogP contribution in [0.3, 0.4) is 0 Å². The molecule has 3 heterocycles. The highest BCUT2D eigenvalue weighted by Crippen LogP contribution is 2.29. The maximum atomic E-state index is 6.22. The van der Waals surface area contributed by atoms with Crippen LogP contribution in [0.5, 0.6) is 0 Å². The molecule has 0 amide bonds. The highest BCUT2D eigenvalue weighted by atomic mass is 35.5. The molecule has 0 aromatic carbocycles. The third-order valence-electron chi connectivity index (χ3n) is 3.06. The van der Waals surface area contributed by atoms with Crippen molar-refractivity contribution in [1.82, 2.24) is 14.4 Å². The van der Waals surface area contributed by atoms with Gasteiger partial charge in [0.15, 0.2) is 5.65 Å². The Bertz CT molecular complexity index is 753. The Morgan fingerprint density at radius 3 is 2.85 bits per heavy atom. The predicted molar refractivity (Wildman–Crippen MR) is 81.2 cm³/mol. The lowest BCUT2D eigenvalue weighted by Crippen LogP contribution is -2.06. The molecule has 0 saturated carbocycles. The monoisotopic (exact) mass is 306 g/mol. The zero-order chi connectivity index (χ0) is 14.1. The third-order valence-corrected chi connectivity index (χ3v) is 3.54. The number of nitrogens with zero attached hydrogens (tertiary/aromatic N) is 3. The number of nitrogens with two attached hydrogens (primary N) is 1. The molecule has 0 aliphatic heterocycles. The summed E-state index contributed by atoms with van der Waals surface area (Å²) < 4.78 is 1.90. The molecule has 20 heavy (non-hydrogen) atoms. The highest BCUT2D eigenvalue weighted by Gasteiger charge is 2.16. The second-order valence-corrected chi connectivity index (χ2v) is 5.23. The molecule has 0 spiro atoms. The van der Waals surface area contributed by atoms with Crippen LogP contribution >= 0.6 is 23.2 Å². The van der Waals surface area contributed by atoms with Gasteiger partial charge in [-0.15, -0.1) is 0 Å². The van der Waals surface area contributed by atoms with Crippen molar-refractivity contribution in [2.75, 3.05) is 6.54 Å². The summed E-state index contributed by atoms with van der Waals surface area (Å²) in [6.45, 7) is 0.519. The molecule has 0 aliphatic rings. The molecule has 0 atom stereocenters. The molecule has 0 bridgehead atoms. The van der Waals surface area contributed by atoms with Crippen LogP contribution < -0.4 is 5.73 Å². The summed E-state index contributed by atoms with van der Waals surface area (Å²) in [6.07, 6.45) is 5.99. The normalized spacial score (nSPS) is 11.2. The van der Waals surface area contributed by atoms with E-state index in [4.69, 9.17) is 28.9 Å². The van der Waals surface area contributed by atoms with Crippen molar-refractivity contribution in [1.29, 1.82) is 0 Å². The number of fused-ring (bicyclic) bond motifs is 1. The lowest BCUT2D eigenvalue weighted by atomic mass is 10.1. The molecule has 0 saturated heterocycles. The van der Waals surface area contributed by atoms with Crippen molar-refractivity contribution in [3.05, 3.63) is 52.5 Å². The lowest BCUT2D eigenvalue weighted by Gasteiger charge is -2.04. The van der Waals surface area contributed by atoms with E-state index in [2.05, 4.69) is 9.97 Å². The number of pyridine rings is 2. The Hall–Kier alpha value is -1.62. The molecular weight excluding hydrogens is 295 g/mol. The minimum atomic E-state index is 0.519. The molecule has 0 fully saturated rings. The summed E-state index contributed by atoms with van der Waals surface area (Å²) >= 11 is 12.3. The molecule has 102 valence electrons. The average molecular weight is 307 g/mol. The van der Waals surface area contributed by atoms with Gasteiger partial charge in [0, 0.05) is 30.6 Å². The van der Waals surface area contributed by atoms with Crippen LogP contribution in [0.4, 0.5) is 0 Å². The summed E-state index contributed by atoms with van der Waals surface area (Å²) in [4.78, 5) is 8.75. The van der Waals surface area contributed by atoms with E-state index < -0.39 is 0 Å². The van der Waals surface area contributed by atoms with Crippen molar-refractivity contribution in [2.45, 2.75) is 6.42 Å². The second-order valence-electron chi connectivity index (χ2n) is 4.39. The fourth-order valence-electron chi connectivity index (χ4n) is 2.23. The molecule has 0 aliphatic carbocycles. The summed E-state index contributed by atoms with van der Waals surface area (Å²) in [5.41, 5.74) is 9.15. The third kappa shape index (κ3) is 2.26. The van der Waals surface area contributed by atoms with Crippen LogP contribution in [0.25, 0.3) is 16.9 Å². The lowest BCUT2D eigenvalue weighted by molar-refractivity contribution is 0.907. The van der Waals surface area contributed by atoms with Gasteiger partial charge in [-0.3, -0.25) is 4.98 Å². The van der Waals surface area contributed by atoms with Crippen molar-refractivity contribution < 1.29 is 0 Å². The van der Waals surface area contributed by atoms with E-state index in [-0.39, 0.29) is 0 Å². The Morgan fingerprint density at radius 2 is 2.15 bits per heavy atom. The van der Waals surface area contributed by atoms with E-state index in [0.29, 0.717) is 28.7 Å². The zero-order valence-corrected chi connectivity index (χ0v) is 12.1. The first kappa shape index (κ1) is 13.4. The van der Waals surface area contributed by atoms with Crippen molar-refractivity contribution in [2.24, 2.45) is 5.73 Å². The molecule has 3 rings (SSSR count). The summed E-state index contributed by atoms with van der Waals surface area (Å²) in [5, 5.41) is 1.09. The Labute approximate surface area is 126 Å². The average Bonchev–Trinajstić information content (AvgIpc) is 2.80. The smallest absolute Gasteiger partial charge is 0.156 e. The van der Waals surface area contributed by atoms with Crippen LogP contribution in [0.1, 0.15) is 5.69 Å². The number of hydrogen-bond acceptors (Lipinski definition) is 3. The van der Waals surface area contributed by atoms with Gasteiger partial charge in [0.2, 0.25) is 0 Å². The van der Waals surface area contributed by atoms with Gasteiger partial charge in [-0.1, -0.05) is 23.2 Å². The van der Waals surface area contributed by atoms with E-state index in [1.54, 1.807) is 24.7 Å². The number of rotatable bonds is 3. The Morgan fingerprint density at radius 1 is 1.30 bits per heavy atom. The van der Waals surface area contributed by atoms with Gasteiger partial charge >= 0.3 is 0 Å². The van der Waals surface area contributed by atoms with Crippen LogP contribution in [-0.4, -0.2) is 20.9 Å². The quantitative estimate of drug-likeness (QED) is 0.808. The molecule has 2 N–H and O–H groups in total. The predicted octanol–water partition coefficient (Wildman–Crippen LogP) is 3.20. The molecule has 6 heteroatoms. The number of aromatic nitrogens is 3. The van der Waals surface area contributed by atoms with E-state index in [1.807, 2.05) is 16.5 Å². The molecule has 4 nitrogen and oxygen atoms in total. The van der Waals surface area contributed by atoms with Gasteiger partial charge in [-0.25, -0.2) is 4.98 Å². The maximum Gasteiger partial charge on any atom is 0.156 e. The fraction of sp³-hybridized carbons (Fsp3) is 0.143. The van der Waals surface area contributed by atoms with Crippen molar-refractivity contribution in [3.63, 3.8) is 0 Å². The Balaban J connectivity index is 2.32. The van der Waals surface area contributed by atoms with Gasteiger partial charge in [-0.05, 0) is 24.7 Å². The minimum absolute atomic E-state index is 0.519. The first-order chi connectivity index (χ1) is 9.70. The molecule has 3 aromatic rings. The van der Waals surface area contributed by atoms with Crippen LogP contribution in [-0.2, 0) is 6.42 Å². The van der Waals surface area contributed by atoms with Crippen LogP contribution in [0, 0.1) is 0 Å². The zero-order valence-electron chi connectivity index (χ0n) is 10.6. The van der Waals surface area contributed by atoms with Gasteiger partial charge < -0.3 is 10.1 Å². The summed E-state index contributed by atoms with van der Waals surface area (Å²) in [5.74, 6) is 0. The second kappa shape index (κ2) is 5.40. The van der Waals surface area contributed by atoms with Gasteiger partial charge in [0.1, 0.15) is 0 Å². The van der Waals surface area contributed by atoms with Crippen molar-refractivity contribution in [3.8, 4) is 11.3 Å². The van der Waals surface area contributed by atoms with Crippen LogP contribution in [0.15, 0.2) is 36.8 Å². The number of imidazole rings is 1. The standard InChI is InChI=1S/C14H12Cl2N4/c15-10-6-11(16)14-19-13(9-2-1-5-18-7-9)12(3-4-17)20(14)8-10/h1-2,5-8H,3-4,17H2. The van der Waals surface area contributed by atoms with Crippen molar-refractivity contribution >= 4 is 28.8 Å². The molecule has 0 radical (unpaired) electrons. The first-order valence-electron chi connectivity index (χ1n) is 6.17. The van der Waals surface area contributed by atoms with Gasteiger partial charge in [-0.2, -0.15) is 0 Å². The summed E-state index contributed by atoms with van der Waals surface area (Å²) in [7, 11) is 0. The van der Waals surface area contributed by atoms with E-state index in [1.165, 1.54) is 0 Å². The van der Waals surface area contributed by atoms with E-state index >= 15 is 0 Å². The SMILES string of the molecule is NCCc1c(-c2cccnc2)nc2c(Cl)cc(Cl)cn12. The highest BCUT2D eigenvalue weighted by molar-refractivity contribution is 6.36. The van der Waals surface area contributed by atoms with Gasteiger partial charge in [0.25, 0.3) is 0 Å². The maximum absolute atomic E-state index is 6.22. The number of hydrogen-bond donors (Lipinski definition) is 1. The topological polar surface area (TPSA) is 56.2 Å². The number of halogens is 2. The minimum Gasteiger partial charge on any atom is -0.330 e. The summed E-state index contributed by atoms with van der Waals surface area (Å²) in [6, 6.07) is 5.52. The van der Waals surface area contributed by atoms with Crippen LogP contribution in [0.2, 0.25) is 10.0 Å². The fourth-order valence-corrected chi connectivity index (χ4v) is 2.74. The largest absolute Gasteiger partial charge is 0.330 e. The van der Waals surface area contributed by atoms with Gasteiger partial charge in [0.05, 0.1) is 21.4 Å². The first-order valence-corrected chi connectivity index (χ1v) is 6.92. The Kier molecular flexibility index (Phi) is 3.61.